The van der Waals surface area contributed by atoms with Crippen molar-refractivity contribution in [3.05, 3.63) is 71.9 Å². The molecule has 0 aliphatic carbocycles. The van der Waals surface area contributed by atoms with E-state index in [-0.39, 0.29) is 12.8 Å². The molecule has 1 aromatic heterocycles. The summed E-state index contributed by atoms with van der Waals surface area (Å²) in [5.74, 6) is -5.14. The lowest BCUT2D eigenvalue weighted by atomic mass is 10.0. The Morgan fingerprint density at radius 2 is 1.53 bits per heavy atom. The van der Waals surface area contributed by atoms with Gasteiger partial charge in [0.25, 0.3) is 0 Å². The molecule has 3 atom stereocenters. The molecule has 200 valence electrons. The monoisotopic (exact) mass is 523 g/mol. The topological polar surface area (TPSA) is 204 Å². The van der Waals surface area contributed by atoms with Crippen LogP contribution in [0.25, 0.3) is 10.9 Å². The van der Waals surface area contributed by atoms with Crippen LogP contribution < -0.4 is 21.7 Å². The third-order valence-corrected chi connectivity index (χ3v) is 5.80. The van der Waals surface area contributed by atoms with Crippen LogP contribution in [0.1, 0.15) is 17.5 Å². The zero-order valence-electron chi connectivity index (χ0n) is 20.3. The second-order valence-corrected chi connectivity index (χ2v) is 8.70. The van der Waals surface area contributed by atoms with Crippen LogP contribution in [-0.4, -0.2) is 69.5 Å². The number of hydrogen-bond donors (Lipinski definition) is 7. The molecule has 3 unspecified atom stereocenters. The van der Waals surface area contributed by atoms with E-state index in [0.29, 0.717) is 5.56 Å². The van der Waals surface area contributed by atoms with Gasteiger partial charge in [-0.25, -0.2) is 4.79 Å². The smallest absolute Gasteiger partial charge is 0.326 e. The van der Waals surface area contributed by atoms with Crippen LogP contribution in [0.3, 0.4) is 0 Å². The van der Waals surface area contributed by atoms with Crippen LogP contribution >= 0.6 is 0 Å². The normalized spacial score (nSPS) is 13.2. The number of carbonyl (C=O) groups is 5. The quantitative estimate of drug-likeness (QED) is 0.161. The number of nitrogens with two attached hydrogens (primary N) is 1. The molecule has 0 saturated heterocycles. The second kappa shape index (κ2) is 13.0. The molecule has 0 saturated carbocycles. The lowest BCUT2D eigenvalue weighted by Gasteiger charge is -2.21. The fraction of sp³-hybridized carbons (Fsp3) is 0.269. The molecule has 12 nitrogen and oxygen atoms in total. The second-order valence-electron chi connectivity index (χ2n) is 8.70. The van der Waals surface area contributed by atoms with Gasteiger partial charge in [0, 0.05) is 23.5 Å². The predicted octanol–water partition coefficient (Wildman–Crippen LogP) is -0.0745. The van der Waals surface area contributed by atoms with Gasteiger partial charge < -0.3 is 36.9 Å². The van der Waals surface area contributed by atoms with Gasteiger partial charge in [-0.3, -0.25) is 19.2 Å². The van der Waals surface area contributed by atoms with Crippen molar-refractivity contribution in [3.8, 4) is 0 Å². The summed E-state index contributed by atoms with van der Waals surface area (Å²) in [5.41, 5.74) is 8.36. The van der Waals surface area contributed by atoms with Crippen molar-refractivity contribution in [2.75, 3.05) is 6.54 Å². The Hall–Kier alpha value is -4.71. The fourth-order valence-electron chi connectivity index (χ4n) is 3.88. The van der Waals surface area contributed by atoms with Gasteiger partial charge in [0.1, 0.15) is 12.1 Å². The summed E-state index contributed by atoms with van der Waals surface area (Å²) in [4.78, 5) is 63.5. The summed E-state index contributed by atoms with van der Waals surface area (Å²) in [6.45, 7) is -0.559. The highest BCUT2D eigenvalue weighted by Gasteiger charge is 2.28. The minimum absolute atomic E-state index is 0.0416. The molecule has 3 amide bonds. The van der Waals surface area contributed by atoms with Crippen LogP contribution in [0.4, 0.5) is 0 Å². The van der Waals surface area contributed by atoms with Crippen LogP contribution in [0.5, 0.6) is 0 Å². The Balaban J connectivity index is 1.55. The van der Waals surface area contributed by atoms with Gasteiger partial charge in [-0.1, -0.05) is 48.5 Å². The number of hydrogen-bond acceptors (Lipinski definition) is 6. The molecule has 0 fully saturated rings. The van der Waals surface area contributed by atoms with Gasteiger partial charge in [0.15, 0.2) is 0 Å². The standard InChI is InChI=1S/C26H29N5O7/c27-18(11-16-13-28-19-9-5-4-8-17(16)19)24(35)29-14-22(32)30-20(12-23(33)34)25(36)31-21(26(37)38)10-15-6-2-1-3-7-15/h1-9,13,18,20-21,28H,10-12,14,27H2,(H,29,35)(H,30,32)(H,31,36)(H,33,34)(H,37,38). The highest BCUT2D eigenvalue weighted by atomic mass is 16.4. The molecule has 8 N–H and O–H groups in total. The number of nitrogens with one attached hydrogen (secondary N) is 4. The Bertz CT molecular complexity index is 1310. The first-order valence-electron chi connectivity index (χ1n) is 11.8. The highest BCUT2D eigenvalue weighted by molar-refractivity contribution is 5.94. The maximum atomic E-state index is 12.7. The third kappa shape index (κ3) is 7.90. The van der Waals surface area contributed by atoms with E-state index in [0.717, 1.165) is 16.5 Å². The lowest BCUT2D eigenvalue weighted by molar-refractivity contribution is -0.143. The highest BCUT2D eigenvalue weighted by Crippen LogP contribution is 2.18. The molecule has 0 aliphatic heterocycles. The van der Waals surface area contributed by atoms with Crippen molar-refractivity contribution in [2.24, 2.45) is 5.73 Å². The molecule has 0 aliphatic rings. The molecule has 12 heteroatoms. The molecule has 3 rings (SSSR count). The Labute approximate surface area is 217 Å². The van der Waals surface area contributed by atoms with E-state index in [1.807, 2.05) is 24.3 Å². The molecular formula is C26H29N5O7. The van der Waals surface area contributed by atoms with Gasteiger partial charge in [-0.15, -0.1) is 0 Å². The number of aromatic amines is 1. The molecule has 1 heterocycles. The molecule has 2 aromatic carbocycles. The fourth-order valence-corrected chi connectivity index (χ4v) is 3.88. The molecule has 0 radical (unpaired) electrons. The number of rotatable bonds is 13. The lowest BCUT2D eigenvalue weighted by Crippen LogP contribution is -2.54. The van der Waals surface area contributed by atoms with Gasteiger partial charge in [-0.05, 0) is 23.6 Å². The average Bonchev–Trinajstić information content (AvgIpc) is 3.29. The van der Waals surface area contributed by atoms with Gasteiger partial charge in [0.05, 0.1) is 19.0 Å². The number of aliphatic carboxylic acids is 2. The maximum Gasteiger partial charge on any atom is 0.326 e. The van der Waals surface area contributed by atoms with Crippen molar-refractivity contribution in [3.63, 3.8) is 0 Å². The van der Waals surface area contributed by atoms with Crippen molar-refractivity contribution >= 4 is 40.6 Å². The molecule has 38 heavy (non-hydrogen) atoms. The Morgan fingerprint density at radius 1 is 0.842 bits per heavy atom. The Morgan fingerprint density at radius 3 is 2.21 bits per heavy atom. The first-order valence-corrected chi connectivity index (χ1v) is 11.8. The summed E-state index contributed by atoms with van der Waals surface area (Å²) >= 11 is 0. The first kappa shape index (κ1) is 27.9. The number of carbonyl (C=O) groups excluding carboxylic acids is 3. The van der Waals surface area contributed by atoms with E-state index in [1.165, 1.54) is 0 Å². The molecule has 0 bridgehead atoms. The number of para-hydroxylation sites is 1. The van der Waals surface area contributed by atoms with E-state index in [4.69, 9.17) is 5.73 Å². The number of benzene rings is 2. The molecule has 0 spiro atoms. The van der Waals surface area contributed by atoms with E-state index >= 15 is 0 Å². The summed E-state index contributed by atoms with van der Waals surface area (Å²) in [6.07, 6.45) is 1.13. The minimum Gasteiger partial charge on any atom is -0.481 e. The molecular weight excluding hydrogens is 494 g/mol. The van der Waals surface area contributed by atoms with Crippen LogP contribution in [0.2, 0.25) is 0 Å². The van der Waals surface area contributed by atoms with Gasteiger partial charge >= 0.3 is 11.9 Å². The van der Waals surface area contributed by atoms with Gasteiger partial charge in [0.2, 0.25) is 17.7 Å². The predicted molar refractivity (Wildman–Crippen MR) is 137 cm³/mol. The average molecular weight is 524 g/mol. The van der Waals surface area contributed by atoms with E-state index in [1.54, 1.807) is 36.5 Å². The molecule has 3 aromatic rings. The number of carboxylic acid groups (broad SMARTS) is 2. The van der Waals surface area contributed by atoms with Gasteiger partial charge in [-0.2, -0.15) is 0 Å². The number of amides is 3. The number of aromatic nitrogens is 1. The van der Waals surface area contributed by atoms with E-state index in [9.17, 15) is 34.2 Å². The van der Waals surface area contributed by atoms with E-state index in [2.05, 4.69) is 20.9 Å². The number of fused-ring (bicyclic) bond motifs is 1. The van der Waals surface area contributed by atoms with Crippen molar-refractivity contribution in [2.45, 2.75) is 37.4 Å². The maximum absolute atomic E-state index is 12.7. The number of carboxylic acids is 2. The Kier molecular flexibility index (Phi) is 9.54. The first-order chi connectivity index (χ1) is 18.1. The summed E-state index contributed by atoms with van der Waals surface area (Å²) in [5, 5.41) is 26.5. The minimum atomic E-state index is -1.56. The SMILES string of the molecule is NC(Cc1c[nH]c2ccccc12)C(=O)NCC(=O)NC(CC(=O)O)C(=O)NC(Cc1ccccc1)C(=O)O. The largest absolute Gasteiger partial charge is 0.481 e. The summed E-state index contributed by atoms with van der Waals surface area (Å²) in [7, 11) is 0. The zero-order chi connectivity index (χ0) is 27.7. The van der Waals surface area contributed by atoms with Crippen molar-refractivity contribution in [1.82, 2.24) is 20.9 Å². The zero-order valence-corrected chi connectivity index (χ0v) is 20.3. The third-order valence-electron chi connectivity index (χ3n) is 5.80. The summed E-state index contributed by atoms with van der Waals surface area (Å²) < 4.78 is 0. The van der Waals surface area contributed by atoms with Crippen molar-refractivity contribution in [1.29, 1.82) is 0 Å². The van der Waals surface area contributed by atoms with Crippen LogP contribution in [-0.2, 0) is 36.8 Å². The summed E-state index contributed by atoms with van der Waals surface area (Å²) in [6, 6.07) is 12.2. The van der Waals surface area contributed by atoms with Crippen LogP contribution in [0, 0.1) is 0 Å². The van der Waals surface area contributed by atoms with Crippen LogP contribution in [0.15, 0.2) is 60.8 Å². The number of H-pyrrole nitrogens is 1. The van der Waals surface area contributed by atoms with E-state index < -0.39 is 60.8 Å². The van der Waals surface area contributed by atoms with Crippen molar-refractivity contribution < 1.29 is 34.2 Å².